The number of rotatable bonds is 7. The number of halogens is 3. The first-order valence-electron chi connectivity index (χ1n) is 13.8. The van der Waals surface area contributed by atoms with Crippen molar-refractivity contribution < 1.29 is 27.4 Å². The smallest absolute Gasteiger partial charge is 0.421 e. The Labute approximate surface area is 237 Å². The summed E-state index contributed by atoms with van der Waals surface area (Å²) in [5.74, 6) is 0.224. The zero-order chi connectivity index (χ0) is 29.2. The summed E-state index contributed by atoms with van der Waals surface area (Å²) in [6.45, 7) is 4.15. The first-order valence-corrected chi connectivity index (χ1v) is 13.8. The van der Waals surface area contributed by atoms with Crippen molar-refractivity contribution in [3.05, 3.63) is 65.5 Å². The van der Waals surface area contributed by atoms with Gasteiger partial charge in [0.15, 0.2) is 0 Å². The number of anilines is 1. The van der Waals surface area contributed by atoms with Crippen molar-refractivity contribution in [2.45, 2.75) is 44.3 Å². The van der Waals surface area contributed by atoms with Crippen molar-refractivity contribution in [3.63, 3.8) is 0 Å². The third kappa shape index (κ3) is 5.55. The van der Waals surface area contributed by atoms with E-state index >= 15 is 0 Å². The molecule has 8 nitrogen and oxygen atoms in total. The number of pyridine rings is 2. The van der Waals surface area contributed by atoms with Gasteiger partial charge in [0.05, 0.1) is 42.9 Å². The van der Waals surface area contributed by atoms with Crippen LogP contribution in [0.15, 0.2) is 48.7 Å². The quantitative estimate of drug-likeness (QED) is 0.437. The van der Waals surface area contributed by atoms with E-state index in [4.69, 9.17) is 20.2 Å². The molecule has 0 saturated carbocycles. The highest BCUT2D eigenvalue weighted by atomic mass is 19.4. The van der Waals surface area contributed by atoms with Crippen molar-refractivity contribution in [1.29, 1.82) is 0 Å². The van der Waals surface area contributed by atoms with Crippen LogP contribution in [0.5, 0.6) is 11.6 Å². The number of amides is 1. The molecule has 1 saturated heterocycles. The second-order valence-electron chi connectivity index (χ2n) is 10.4. The fraction of sp³-hybridized carbons (Fsp3) is 0.433. The molecule has 1 aromatic carbocycles. The number of hydrogen-bond donors (Lipinski definition) is 1. The molecule has 0 radical (unpaired) electrons. The monoisotopic (exact) mass is 569 g/mol. The average molecular weight is 570 g/mol. The third-order valence-electron chi connectivity index (χ3n) is 7.99. The maximum absolute atomic E-state index is 14.1. The van der Waals surface area contributed by atoms with E-state index in [2.05, 4.69) is 4.98 Å². The molecule has 1 spiro atoms. The molecule has 2 aliphatic heterocycles. The number of carbonyl (C=O) groups is 1. The summed E-state index contributed by atoms with van der Waals surface area (Å²) in [4.78, 5) is 26.0. The van der Waals surface area contributed by atoms with Crippen LogP contribution in [0, 0.1) is 0 Å². The summed E-state index contributed by atoms with van der Waals surface area (Å²) in [5.41, 5.74) is 7.84. The third-order valence-corrected chi connectivity index (χ3v) is 7.99. The molecule has 0 aliphatic carbocycles. The van der Waals surface area contributed by atoms with Crippen LogP contribution in [-0.2, 0) is 22.9 Å². The Bertz CT molecular complexity index is 1410. The van der Waals surface area contributed by atoms with Crippen LogP contribution in [0.3, 0.4) is 0 Å². The van der Waals surface area contributed by atoms with Gasteiger partial charge >= 0.3 is 6.18 Å². The largest absolute Gasteiger partial charge is 0.496 e. The topological polar surface area (TPSA) is 93.8 Å². The normalized spacial score (nSPS) is 16.4. The lowest BCUT2D eigenvalue weighted by Crippen LogP contribution is -2.54. The highest BCUT2D eigenvalue weighted by Crippen LogP contribution is 2.47. The lowest BCUT2D eigenvalue weighted by Gasteiger charge is -2.49. The molecule has 1 fully saturated rings. The fourth-order valence-electron chi connectivity index (χ4n) is 6.08. The number of carbonyl (C=O) groups excluding carboxylic acids is 1. The van der Waals surface area contributed by atoms with Crippen LogP contribution in [-0.4, -0.2) is 60.7 Å². The Hall–Kier alpha value is -3.86. The van der Waals surface area contributed by atoms with Gasteiger partial charge in [-0.2, -0.15) is 13.2 Å². The second-order valence-corrected chi connectivity index (χ2v) is 10.4. The van der Waals surface area contributed by atoms with Crippen molar-refractivity contribution in [2.75, 3.05) is 44.8 Å². The van der Waals surface area contributed by atoms with Gasteiger partial charge in [-0.1, -0.05) is 12.1 Å². The Balaban J connectivity index is 1.50. The zero-order valence-electron chi connectivity index (χ0n) is 23.2. The maximum atomic E-state index is 14.1. The standard InChI is InChI=1S/C30H34F3N5O3/c1-3-41-28-20(6-5-15-35-28)22-10-9-21-23(36-22)18-38(26(39)11-14-34)19-29(21)12-16-37(17-13-29)24-7-4-8-25(40-2)27(24)30(31,32)33/h4-10,15H,3,11-14,16-19,34H2,1-2H3. The van der Waals surface area contributed by atoms with Crippen molar-refractivity contribution in [1.82, 2.24) is 14.9 Å². The molecule has 11 heteroatoms. The molecule has 0 atom stereocenters. The lowest BCUT2D eigenvalue weighted by atomic mass is 9.69. The second kappa shape index (κ2) is 11.6. The predicted molar refractivity (Wildman–Crippen MR) is 149 cm³/mol. The molecular formula is C30H34F3N5O3. The van der Waals surface area contributed by atoms with E-state index < -0.39 is 17.2 Å². The van der Waals surface area contributed by atoms with Gasteiger partial charge in [0, 0.05) is 44.2 Å². The van der Waals surface area contributed by atoms with Gasteiger partial charge in [-0.05, 0) is 55.7 Å². The van der Waals surface area contributed by atoms with Crippen LogP contribution in [0.25, 0.3) is 11.3 Å². The van der Waals surface area contributed by atoms with Gasteiger partial charge in [-0.3, -0.25) is 9.78 Å². The van der Waals surface area contributed by atoms with Crippen LogP contribution >= 0.6 is 0 Å². The molecule has 2 aromatic heterocycles. The molecule has 0 unspecified atom stereocenters. The van der Waals surface area contributed by atoms with Crippen molar-refractivity contribution >= 4 is 11.6 Å². The SMILES string of the molecule is CCOc1ncccc1-c1ccc2c(n1)CN(C(=O)CCN)CC21CCN(c2cccc(OC)c2C(F)(F)F)CC1. The van der Waals surface area contributed by atoms with E-state index in [1.54, 1.807) is 22.1 Å². The number of alkyl halides is 3. The summed E-state index contributed by atoms with van der Waals surface area (Å²) in [7, 11) is 1.25. The molecule has 3 aromatic rings. The number of nitrogens with zero attached hydrogens (tertiary/aromatic N) is 4. The highest BCUT2D eigenvalue weighted by molar-refractivity contribution is 5.77. The van der Waals surface area contributed by atoms with E-state index in [0.717, 1.165) is 16.8 Å². The number of nitrogens with two attached hydrogens (primary N) is 1. The van der Waals surface area contributed by atoms with E-state index in [0.29, 0.717) is 57.2 Å². The molecule has 1 amide bonds. The fourth-order valence-corrected chi connectivity index (χ4v) is 6.08. The summed E-state index contributed by atoms with van der Waals surface area (Å²) >= 11 is 0. The Morgan fingerprint density at radius 1 is 1.12 bits per heavy atom. The van der Waals surface area contributed by atoms with E-state index in [-0.39, 0.29) is 30.3 Å². The van der Waals surface area contributed by atoms with Gasteiger partial charge < -0.3 is 25.0 Å². The van der Waals surface area contributed by atoms with Crippen molar-refractivity contribution in [2.24, 2.45) is 5.73 Å². The average Bonchev–Trinajstić information content (AvgIpc) is 2.97. The van der Waals surface area contributed by atoms with Crippen LogP contribution in [0.1, 0.15) is 43.0 Å². The van der Waals surface area contributed by atoms with E-state index in [1.165, 1.54) is 19.2 Å². The molecular weight excluding hydrogens is 535 g/mol. The number of ether oxygens (including phenoxy) is 2. The molecule has 0 bridgehead atoms. The van der Waals surface area contributed by atoms with Gasteiger partial charge in [-0.25, -0.2) is 4.98 Å². The Kier molecular flexibility index (Phi) is 8.08. The number of fused-ring (bicyclic) bond motifs is 2. The predicted octanol–water partition coefficient (Wildman–Crippen LogP) is 4.80. The summed E-state index contributed by atoms with van der Waals surface area (Å²) < 4.78 is 53.0. The van der Waals surface area contributed by atoms with Crippen LogP contribution in [0.4, 0.5) is 18.9 Å². The highest BCUT2D eigenvalue weighted by Gasteiger charge is 2.45. The summed E-state index contributed by atoms with van der Waals surface area (Å²) in [5, 5.41) is 0. The zero-order valence-corrected chi connectivity index (χ0v) is 23.2. The van der Waals surface area contributed by atoms with Crippen LogP contribution in [0.2, 0.25) is 0 Å². The molecule has 218 valence electrons. The Morgan fingerprint density at radius 2 is 1.90 bits per heavy atom. The van der Waals surface area contributed by atoms with E-state index in [1.807, 2.05) is 31.2 Å². The van der Waals surface area contributed by atoms with Crippen molar-refractivity contribution in [3.8, 4) is 22.9 Å². The summed E-state index contributed by atoms with van der Waals surface area (Å²) in [6, 6.07) is 12.1. The first kappa shape index (κ1) is 28.7. The molecule has 5 rings (SSSR count). The van der Waals surface area contributed by atoms with Gasteiger partial charge in [-0.15, -0.1) is 0 Å². The number of piperidine rings is 1. The minimum absolute atomic E-state index is 0.0595. The first-order chi connectivity index (χ1) is 19.7. The minimum atomic E-state index is -4.56. The van der Waals surface area contributed by atoms with Crippen LogP contribution < -0.4 is 20.1 Å². The number of methoxy groups -OCH3 is 1. The van der Waals surface area contributed by atoms with Gasteiger partial charge in [0.2, 0.25) is 11.8 Å². The van der Waals surface area contributed by atoms with Gasteiger partial charge in [0.1, 0.15) is 11.3 Å². The lowest BCUT2D eigenvalue weighted by molar-refractivity contribution is -0.138. The molecule has 4 heterocycles. The molecule has 41 heavy (non-hydrogen) atoms. The number of aromatic nitrogens is 2. The van der Waals surface area contributed by atoms with E-state index in [9.17, 15) is 18.0 Å². The maximum Gasteiger partial charge on any atom is 0.421 e. The number of hydrogen-bond acceptors (Lipinski definition) is 7. The molecule has 2 N–H and O–H groups in total. The minimum Gasteiger partial charge on any atom is -0.496 e. The Morgan fingerprint density at radius 3 is 2.59 bits per heavy atom. The molecule has 2 aliphatic rings. The van der Waals surface area contributed by atoms with Gasteiger partial charge in [0.25, 0.3) is 0 Å². The number of benzene rings is 1. The summed E-state index contributed by atoms with van der Waals surface area (Å²) in [6.07, 6.45) is -1.58.